The molecule has 2 fully saturated rings. The molecule has 0 radical (unpaired) electrons. The lowest BCUT2D eigenvalue weighted by molar-refractivity contribution is -0.135. The van der Waals surface area contributed by atoms with Crippen LogP contribution < -0.4 is 4.90 Å². The SMILES string of the molecule is O=C1N(CCN2CCN(c3ccc(F)cc3)CC2)CCC12CC=CC2. The second-order valence-corrected chi connectivity index (χ2v) is 7.51. The Balaban J connectivity index is 1.24. The van der Waals surface area contributed by atoms with Gasteiger partial charge in [-0.05, 0) is 43.5 Å². The first-order chi connectivity index (χ1) is 12.2. The second kappa shape index (κ2) is 6.79. The summed E-state index contributed by atoms with van der Waals surface area (Å²) in [5, 5.41) is 0. The van der Waals surface area contributed by atoms with E-state index in [2.05, 4.69) is 26.9 Å². The number of allylic oxidation sites excluding steroid dienone is 2. The predicted molar refractivity (Wildman–Crippen MR) is 97.1 cm³/mol. The van der Waals surface area contributed by atoms with Crippen molar-refractivity contribution < 1.29 is 9.18 Å². The van der Waals surface area contributed by atoms with Gasteiger partial charge in [-0.15, -0.1) is 0 Å². The first-order valence-electron chi connectivity index (χ1n) is 9.34. The lowest BCUT2D eigenvalue weighted by Crippen LogP contribution is -2.49. The highest BCUT2D eigenvalue weighted by atomic mass is 19.1. The van der Waals surface area contributed by atoms with Gasteiger partial charge in [0.2, 0.25) is 5.91 Å². The van der Waals surface area contributed by atoms with Crippen LogP contribution in [0.15, 0.2) is 36.4 Å². The summed E-state index contributed by atoms with van der Waals surface area (Å²) in [6.07, 6.45) is 7.20. The lowest BCUT2D eigenvalue weighted by Gasteiger charge is -2.36. The third kappa shape index (κ3) is 3.30. The summed E-state index contributed by atoms with van der Waals surface area (Å²) in [6.45, 7) is 6.60. The van der Waals surface area contributed by atoms with Crippen molar-refractivity contribution >= 4 is 11.6 Å². The van der Waals surface area contributed by atoms with Crippen molar-refractivity contribution in [3.05, 3.63) is 42.2 Å². The molecule has 4 rings (SSSR count). The molecule has 0 saturated carbocycles. The molecule has 2 heterocycles. The standard InChI is InChI=1S/C20H26FN3O/c21-17-3-5-18(6-4-17)23-14-11-22(12-15-23)13-16-24-10-9-20(19(24)25)7-1-2-8-20/h1-6H,7-16H2. The Morgan fingerprint density at radius 2 is 1.60 bits per heavy atom. The molecule has 5 heteroatoms. The molecule has 1 amide bonds. The van der Waals surface area contributed by atoms with E-state index in [0.717, 1.165) is 70.8 Å². The van der Waals surface area contributed by atoms with Gasteiger partial charge in [0.1, 0.15) is 5.82 Å². The summed E-state index contributed by atoms with van der Waals surface area (Å²) in [4.78, 5) is 19.5. The molecule has 0 N–H and O–H groups in total. The van der Waals surface area contributed by atoms with Crippen LogP contribution in [0.4, 0.5) is 10.1 Å². The smallest absolute Gasteiger partial charge is 0.229 e. The van der Waals surface area contributed by atoms with Gasteiger partial charge in [0, 0.05) is 51.5 Å². The molecule has 4 nitrogen and oxygen atoms in total. The third-order valence-corrected chi connectivity index (χ3v) is 6.04. The third-order valence-electron chi connectivity index (χ3n) is 6.04. The number of piperazine rings is 1. The quantitative estimate of drug-likeness (QED) is 0.786. The molecule has 0 unspecified atom stereocenters. The first kappa shape index (κ1) is 16.6. The summed E-state index contributed by atoms with van der Waals surface area (Å²) in [5.41, 5.74) is 0.993. The van der Waals surface area contributed by atoms with Crippen LogP contribution >= 0.6 is 0 Å². The molecule has 2 saturated heterocycles. The Morgan fingerprint density at radius 1 is 0.920 bits per heavy atom. The molecule has 1 aromatic rings. The van der Waals surface area contributed by atoms with Crippen molar-refractivity contribution in [2.24, 2.45) is 5.41 Å². The van der Waals surface area contributed by atoms with Crippen LogP contribution in [0.5, 0.6) is 0 Å². The zero-order valence-electron chi connectivity index (χ0n) is 14.7. The Bertz CT molecular complexity index is 641. The van der Waals surface area contributed by atoms with Gasteiger partial charge in [-0.2, -0.15) is 0 Å². The predicted octanol–water partition coefficient (Wildman–Crippen LogP) is 2.52. The number of amides is 1. The monoisotopic (exact) mass is 343 g/mol. The fourth-order valence-corrected chi connectivity index (χ4v) is 4.33. The highest BCUT2D eigenvalue weighted by molar-refractivity contribution is 5.85. The minimum absolute atomic E-state index is 0.0960. The van der Waals surface area contributed by atoms with E-state index in [1.165, 1.54) is 12.1 Å². The molecule has 25 heavy (non-hydrogen) atoms. The summed E-state index contributed by atoms with van der Waals surface area (Å²) in [7, 11) is 0. The number of carbonyl (C=O) groups excluding carboxylic acids is 1. The van der Waals surface area contributed by atoms with Gasteiger partial charge < -0.3 is 9.80 Å². The molecule has 0 aromatic heterocycles. The number of hydrogen-bond acceptors (Lipinski definition) is 3. The number of anilines is 1. The Labute approximate surface area is 148 Å². The summed E-state index contributed by atoms with van der Waals surface area (Å²) >= 11 is 0. The van der Waals surface area contributed by atoms with E-state index in [4.69, 9.17) is 0 Å². The number of carbonyl (C=O) groups is 1. The van der Waals surface area contributed by atoms with Crippen LogP contribution in [0.1, 0.15) is 19.3 Å². The van der Waals surface area contributed by atoms with E-state index in [9.17, 15) is 9.18 Å². The normalized spacial score (nSPS) is 23.2. The molecule has 1 aliphatic carbocycles. The van der Waals surface area contributed by atoms with Crippen molar-refractivity contribution in [2.75, 3.05) is 50.7 Å². The maximum absolute atomic E-state index is 13.0. The van der Waals surface area contributed by atoms with Gasteiger partial charge in [0.15, 0.2) is 0 Å². The number of nitrogens with zero attached hydrogens (tertiary/aromatic N) is 3. The molecular formula is C20H26FN3O. The Morgan fingerprint density at radius 3 is 2.28 bits per heavy atom. The number of hydrogen-bond donors (Lipinski definition) is 0. The van der Waals surface area contributed by atoms with E-state index in [0.29, 0.717) is 5.91 Å². The number of likely N-dealkylation sites (tertiary alicyclic amines) is 1. The molecule has 1 aromatic carbocycles. The fourth-order valence-electron chi connectivity index (χ4n) is 4.33. The minimum Gasteiger partial charge on any atom is -0.369 e. The van der Waals surface area contributed by atoms with Gasteiger partial charge in [-0.3, -0.25) is 9.69 Å². The molecule has 134 valence electrons. The number of benzene rings is 1. The number of rotatable bonds is 4. The number of halogens is 1. The maximum atomic E-state index is 13.0. The van der Waals surface area contributed by atoms with Crippen LogP contribution in [0.2, 0.25) is 0 Å². The van der Waals surface area contributed by atoms with Crippen LogP contribution in [0.25, 0.3) is 0 Å². The molecule has 3 aliphatic rings. The van der Waals surface area contributed by atoms with Gasteiger partial charge in [0.25, 0.3) is 0 Å². The van der Waals surface area contributed by atoms with E-state index in [1.807, 2.05) is 12.1 Å². The van der Waals surface area contributed by atoms with E-state index < -0.39 is 0 Å². The van der Waals surface area contributed by atoms with Crippen LogP contribution in [0.3, 0.4) is 0 Å². The largest absolute Gasteiger partial charge is 0.369 e. The van der Waals surface area contributed by atoms with Crippen LogP contribution in [-0.2, 0) is 4.79 Å². The van der Waals surface area contributed by atoms with Crippen molar-refractivity contribution in [1.29, 1.82) is 0 Å². The van der Waals surface area contributed by atoms with Crippen molar-refractivity contribution in [1.82, 2.24) is 9.80 Å². The van der Waals surface area contributed by atoms with Gasteiger partial charge in [-0.1, -0.05) is 12.2 Å². The summed E-state index contributed by atoms with van der Waals surface area (Å²) in [5.74, 6) is 0.176. The van der Waals surface area contributed by atoms with E-state index in [1.54, 1.807) is 0 Å². The Kier molecular flexibility index (Phi) is 4.50. The molecule has 0 atom stereocenters. The van der Waals surface area contributed by atoms with Gasteiger partial charge in [0.05, 0.1) is 5.41 Å². The van der Waals surface area contributed by atoms with Crippen molar-refractivity contribution in [3.63, 3.8) is 0 Å². The van der Waals surface area contributed by atoms with E-state index >= 15 is 0 Å². The zero-order chi connectivity index (χ0) is 17.3. The average molecular weight is 343 g/mol. The summed E-state index contributed by atoms with van der Waals surface area (Å²) < 4.78 is 13.0. The van der Waals surface area contributed by atoms with Gasteiger partial charge in [-0.25, -0.2) is 4.39 Å². The Hall–Kier alpha value is -1.88. The fraction of sp³-hybridized carbons (Fsp3) is 0.550. The molecule has 0 bridgehead atoms. The van der Waals surface area contributed by atoms with Crippen LogP contribution in [0, 0.1) is 11.2 Å². The topological polar surface area (TPSA) is 26.8 Å². The van der Waals surface area contributed by atoms with Gasteiger partial charge >= 0.3 is 0 Å². The maximum Gasteiger partial charge on any atom is 0.229 e. The molecular weight excluding hydrogens is 317 g/mol. The first-order valence-corrected chi connectivity index (χ1v) is 9.34. The molecule has 1 spiro atoms. The average Bonchev–Trinajstić information content (AvgIpc) is 3.24. The molecule has 2 aliphatic heterocycles. The highest BCUT2D eigenvalue weighted by Crippen LogP contribution is 2.42. The zero-order valence-corrected chi connectivity index (χ0v) is 14.7. The lowest BCUT2D eigenvalue weighted by atomic mass is 9.84. The second-order valence-electron chi connectivity index (χ2n) is 7.51. The summed E-state index contributed by atoms with van der Waals surface area (Å²) in [6, 6.07) is 6.74. The highest BCUT2D eigenvalue weighted by Gasteiger charge is 2.46. The van der Waals surface area contributed by atoms with Crippen molar-refractivity contribution in [2.45, 2.75) is 19.3 Å². The van der Waals surface area contributed by atoms with E-state index in [-0.39, 0.29) is 11.2 Å². The minimum atomic E-state index is -0.187. The van der Waals surface area contributed by atoms with Crippen LogP contribution in [-0.4, -0.2) is 61.5 Å². The van der Waals surface area contributed by atoms with Crippen molar-refractivity contribution in [3.8, 4) is 0 Å².